The number of aliphatic hydroxyl groups excluding tert-OH is 2. The lowest BCUT2D eigenvalue weighted by Crippen LogP contribution is -2.31. The number of ether oxygens (including phenoxy) is 4. The van der Waals surface area contributed by atoms with Crippen molar-refractivity contribution in [1.29, 1.82) is 0 Å². The number of methoxy groups -OCH3 is 4. The molecule has 3 aromatic heterocycles. The Balaban J connectivity index is 0.00000220. The van der Waals surface area contributed by atoms with Crippen LogP contribution >= 0.6 is 22.7 Å². The summed E-state index contributed by atoms with van der Waals surface area (Å²) in [7, 11) is -1.80. The van der Waals surface area contributed by atoms with Gasteiger partial charge in [-0.25, -0.2) is 9.97 Å². The molecule has 0 bridgehead atoms. The van der Waals surface area contributed by atoms with Gasteiger partial charge in [0.15, 0.2) is 4.90 Å². The maximum Gasteiger partial charge on any atom is 0.425 e. The van der Waals surface area contributed by atoms with E-state index in [9.17, 15) is 23.2 Å². The molecule has 0 saturated heterocycles. The molecule has 0 unspecified atom stereocenters. The lowest BCUT2D eigenvalue weighted by Gasteiger charge is -2.25. The highest BCUT2D eigenvalue weighted by molar-refractivity contribution is 7.86. The van der Waals surface area contributed by atoms with Crippen molar-refractivity contribution in [3.05, 3.63) is 54.6 Å². The summed E-state index contributed by atoms with van der Waals surface area (Å²) in [5.41, 5.74) is 3.90. The third-order valence-electron chi connectivity index (χ3n) is 11.0. The van der Waals surface area contributed by atoms with E-state index in [1.165, 1.54) is 31.6 Å². The number of nitrogens with one attached hydrogen (secondary N) is 2. The molecule has 3 heterocycles. The molecule has 400 valence electrons. The zero-order valence-electron chi connectivity index (χ0n) is 41.9. The van der Waals surface area contributed by atoms with E-state index < -0.39 is 25.6 Å². The molecule has 0 radical (unpaired) electrons. The van der Waals surface area contributed by atoms with Crippen molar-refractivity contribution < 1.29 is 54.8 Å². The van der Waals surface area contributed by atoms with Gasteiger partial charge in [-0.2, -0.15) is 23.4 Å². The van der Waals surface area contributed by atoms with Crippen LogP contribution in [0, 0.1) is 0 Å². The molecule has 0 atom stereocenters. The Morgan fingerprint density at radius 1 is 0.600 bits per heavy atom. The predicted molar refractivity (Wildman–Crippen MR) is 286 cm³/mol. The fourth-order valence-corrected chi connectivity index (χ4v) is 10.3. The number of thiazole rings is 2. The van der Waals surface area contributed by atoms with Crippen molar-refractivity contribution in [3.63, 3.8) is 0 Å². The van der Waals surface area contributed by atoms with E-state index in [1.807, 2.05) is 58.0 Å². The highest BCUT2D eigenvalue weighted by Crippen LogP contribution is 2.44. The van der Waals surface area contributed by atoms with Crippen LogP contribution in [-0.4, -0.2) is 142 Å². The van der Waals surface area contributed by atoms with E-state index >= 15 is 0 Å². The minimum Gasteiger partial charge on any atom is -0.497 e. The highest BCUT2D eigenvalue weighted by atomic mass is 32.2. The summed E-state index contributed by atoms with van der Waals surface area (Å²) in [5, 5.41) is 45.5. The van der Waals surface area contributed by atoms with Crippen LogP contribution in [0.4, 0.5) is 62.2 Å². The first-order valence-corrected chi connectivity index (χ1v) is 26.8. The lowest BCUT2D eigenvalue weighted by atomic mass is 10.2. The number of benzene rings is 4. The number of hydrogen-bond acceptors (Lipinski definition) is 27. The van der Waals surface area contributed by atoms with Gasteiger partial charge in [0.25, 0.3) is 10.1 Å². The number of rotatable bonds is 24. The first-order valence-electron chi connectivity index (χ1n) is 22.8. The Hall–Kier alpha value is -7.48. The average Bonchev–Trinajstić information content (AvgIpc) is 4.01. The normalized spacial score (nSPS) is 11.5. The van der Waals surface area contributed by atoms with Gasteiger partial charge in [-0.15, -0.1) is 33.1 Å². The lowest BCUT2D eigenvalue weighted by molar-refractivity contribution is 0.280. The Morgan fingerprint density at radius 3 is 1.53 bits per heavy atom. The molecule has 0 saturated carbocycles. The Kier molecular flexibility index (Phi) is 19.8. The summed E-state index contributed by atoms with van der Waals surface area (Å²) >= 11 is 2.24. The second kappa shape index (κ2) is 26.1. The maximum absolute atomic E-state index is 12.4. The van der Waals surface area contributed by atoms with Crippen LogP contribution in [0.5, 0.6) is 23.0 Å². The SMILES string of the molecule is CCN(CC)c1cc(Nc2nc(Nc3cc(N(CC)CC)c(OC)cc3N=Nc3nc4ccc(OC)c(S(=O)(=O)O)c4s3)nc(N(CCO)CCO)n2)c(N=Nc2nc3ccc(OC)cc3s2)cc1OC.O=S(=O)=O. The average molecular weight is 1110 g/mol. The number of aromatic nitrogens is 5. The number of nitrogens with zero attached hydrogens (tertiary/aromatic N) is 12. The standard InChI is InChI=1S/C45H54N14O9S3.O3S/c1-9-57(10-2)33-22-29(31(24-36(33)67-7)53-55-44-48-27-14-13-26(65-5)21-38(27)69-44)46-41-50-42(52-43(51-41)59(17-19-60)18-20-61)47-30-23-34(58(11-3)12-4)37(68-8)25-32(30)54-56-45-49-28-15-16-35(66-6)40(39(28)70-45)71(62,63)64;1-4(2)3/h13-16,21-25,60-61H,9-12,17-20H2,1-8H3,(H,62,63,64)(H2,46,47,50,51,52);. The summed E-state index contributed by atoms with van der Waals surface area (Å²) in [6, 6.07) is 15.6. The first kappa shape index (κ1) is 56.8. The van der Waals surface area contributed by atoms with Gasteiger partial charge in [0.1, 0.15) is 34.4 Å². The van der Waals surface area contributed by atoms with Gasteiger partial charge in [-0.05, 0) is 70.2 Å². The van der Waals surface area contributed by atoms with Gasteiger partial charge >= 0.3 is 10.6 Å². The number of hydrogen-bond donors (Lipinski definition) is 5. The van der Waals surface area contributed by atoms with Crippen LogP contribution in [0.3, 0.4) is 0 Å². The molecule has 26 nitrogen and oxygen atoms in total. The van der Waals surface area contributed by atoms with Gasteiger partial charge < -0.3 is 54.5 Å². The maximum atomic E-state index is 12.4. The zero-order valence-corrected chi connectivity index (χ0v) is 45.1. The molecule has 0 aliphatic carbocycles. The molecule has 4 aromatic carbocycles. The molecular formula is C45H54N14O12S4. The first-order chi connectivity index (χ1) is 36.0. The van der Waals surface area contributed by atoms with E-state index in [-0.39, 0.29) is 70.9 Å². The second-order valence-electron chi connectivity index (χ2n) is 15.2. The van der Waals surface area contributed by atoms with E-state index in [0.29, 0.717) is 71.3 Å². The fraction of sp³-hybridized carbons (Fsp3) is 0.356. The minimum atomic E-state index is -4.71. The summed E-state index contributed by atoms with van der Waals surface area (Å²) in [5.74, 6) is 1.85. The molecular weight excluding hydrogens is 1060 g/mol. The van der Waals surface area contributed by atoms with Gasteiger partial charge in [0.2, 0.25) is 28.1 Å². The molecule has 0 fully saturated rings. The summed E-state index contributed by atoms with van der Waals surface area (Å²) in [6.07, 6.45) is 0. The van der Waals surface area contributed by atoms with Crippen LogP contribution in [0.1, 0.15) is 27.7 Å². The topological polar surface area (TPSA) is 331 Å². The number of anilines is 7. The highest BCUT2D eigenvalue weighted by Gasteiger charge is 2.25. The molecule has 0 aliphatic heterocycles. The van der Waals surface area contributed by atoms with Crippen molar-refractivity contribution >= 4 is 126 Å². The van der Waals surface area contributed by atoms with Gasteiger partial charge in [0.05, 0.1) is 84.8 Å². The van der Waals surface area contributed by atoms with Crippen molar-refractivity contribution in [2.24, 2.45) is 20.5 Å². The Morgan fingerprint density at radius 2 is 1.08 bits per heavy atom. The van der Waals surface area contributed by atoms with Crippen molar-refractivity contribution in [2.75, 3.05) is 106 Å². The van der Waals surface area contributed by atoms with Gasteiger partial charge in [-0.3, -0.25) is 4.55 Å². The summed E-state index contributed by atoms with van der Waals surface area (Å²) in [4.78, 5) is 28.8. The van der Waals surface area contributed by atoms with Crippen LogP contribution < -0.4 is 44.3 Å². The third-order valence-corrected chi connectivity index (χ3v) is 13.9. The largest absolute Gasteiger partial charge is 0.497 e. The third kappa shape index (κ3) is 14.0. The molecule has 7 rings (SSSR count). The molecule has 0 amide bonds. The summed E-state index contributed by atoms with van der Waals surface area (Å²) in [6.45, 7) is 10.3. The molecule has 0 spiro atoms. The van der Waals surface area contributed by atoms with E-state index in [1.54, 1.807) is 37.3 Å². The summed E-state index contributed by atoms with van der Waals surface area (Å²) < 4.78 is 83.7. The van der Waals surface area contributed by atoms with Gasteiger partial charge in [-0.1, -0.05) is 22.7 Å². The van der Waals surface area contributed by atoms with Crippen molar-refractivity contribution in [2.45, 2.75) is 32.6 Å². The number of azo groups is 2. The molecule has 5 N–H and O–H groups in total. The number of fused-ring (bicyclic) bond motifs is 2. The minimum absolute atomic E-state index is 0.0286. The van der Waals surface area contributed by atoms with E-state index in [0.717, 1.165) is 27.2 Å². The van der Waals surface area contributed by atoms with Crippen LogP contribution in [-0.2, 0) is 20.7 Å². The molecule has 0 aliphatic rings. The van der Waals surface area contributed by atoms with Crippen molar-refractivity contribution in [3.8, 4) is 23.0 Å². The van der Waals surface area contributed by atoms with E-state index in [4.69, 9.17) is 46.5 Å². The smallest absolute Gasteiger partial charge is 0.425 e. The van der Waals surface area contributed by atoms with E-state index in [2.05, 4.69) is 50.9 Å². The zero-order chi connectivity index (χ0) is 54.4. The molecule has 7 aromatic rings. The van der Waals surface area contributed by atoms with Crippen LogP contribution in [0.15, 0.2) is 79.9 Å². The second-order valence-corrected chi connectivity index (χ2v) is 19.0. The number of aliphatic hydroxyl groups is 2. The molecule has 30 heteroatoms. The predicted octanol–water partition coefficient (Wildman–Crippen LogP) is 8.17. The van der Waals surface area contributed by atoms with Gasteiger partial charge in [0, 0.05) is 51.4 Å². The quantitative estimate of drug-likeness (QED) is 0.0281. The van der Waals surface area contributed by atoms with Crippen molar-refractivity contribution in [1.82, 2.24) is 24.9 Å². The molecule has 75 heavy (non-hydrogen) atoms. The Bertz CT molecular complexity index is 3400. The monoisotopic (exact) mass is 1110 g/mol. The Labute approximate surface area is 440 Å². The fourth-order valence-electron chi connectivity index (χ4n) is 7.48. The van der Waals surface area contributed by atoms with Crippen LogP contribution in [0.2, 0.25) is 0 Å². The van der Waals surface area contributed by atoms with Crippen LogP contribution in [0.25, 0.3) is 20.4 Å².